The molecule has 4 aromatic rings. The maximum atomic E-state index is 5.57. The number of hydrogen-bond donors (Lipinski definition) is 0. The third-order valence-corrected chi connectivity index (χ3v) is 5.57. The van der Waals surface area contributed by atoms with Crippen molar-refractivity contribution in [2.24, 2.45) is 0 Å². The molecule has 0 saturated heterocycles. The predicted molar refractivity (Wildman–Crippen MR) is 118 cm³/mol. The molecule has 0 atom stereocenters. The summed E-state index contributed by atoms with van der Waals surface area (Å²) >= 11 is 1.50. The maximum absolute atomic E-state index is 5.57. The summed E-state index contributed by atoms with van der Waals surface area (Å²) in [7, 11) is 1.67. The molecule has 152 valence electrons. The molecule has 0 aliphatic carbocycles. The second-order valence-electron chi connectivity index (χ2n) is 6.89. The highest BCUT2D eigenvalue weighted by Crippen LogP contribution is 2.33. The number of rotatable bonds is 7. The van der Waals surface area contributed by atoms with Crippen LogP contribution in [0.3, 0.4) is 0 Å². The van der Waals surface area contributed by atoms with Gasteiger partial charge in [-0.25, -0.2) is 9.97 Å². The van der Waals surface area contributed by atoms with Crippen LogP contribution in [-0.4, -0.2) is 31.8 Å². The molecule has 30 heavy (non-hydrogen) atoms. The minimum atomic E-state index is 0.746. The molecule has 7 heteroatoms. The monoisotopic (exact) mass is 417 g/mol. The van der Waals surface area contributed by atoms with Crippen LogP contribution < -0.4 is 4.74 Å². The number of hydrogen-bond acceptors (Lipinski definition) is 6. The van der Waals surface area contributed by atoms with Crippen molar-refractivity contribution in [3.8, 4) is 17.1 Å². The SMILES string of the molecule is COc1ccccc1-c1nnc(Sc2cc(C)nc(C)n2)n1CCc1ccccc1. The molecule has 2 aromatic carbocycles. The first-order valence-electron chi connectivity index (χ1n) is 9.74. The van der Waals surface area contributed by atoms with Gasteiger partial charge in [0.25, 0.3) is 0 Å². The Hall–Kier alpha value is -3.19. The van der Waals surface area contributed by atoms with Crippen molar-refractivity contribution in [3.05, 3.63) is 77.7 Å². The second kappa shape index (κ2) is 9.09. The average molecular weight is 418 g/mol. The first-order chi connectivity index (χ1) is 14.6. The van der Waals surface area contributed by atoms with Crippen molar-refractivity contribution in [2.75, 3.05) is 7.11 Å². The fourth-order valence-electron chi connectivity index (χ4n) is 3.31. The molecular weight excluding hydrogens is 394 g/mol. The van der Waals surface area contributed by atoms with E-state index >= 15 is 0 Å². The van der Waals surface area contributed by atoms with Gasteiger partial charge in [-0.1, -0.05) is 42.5 Å². The Labute approximate surface area is 180 Å². The lowest BCUT2D eigenvalue weighted by molar-refractivity contribution is 0.415. The number of para-hydroxylation sites is 1. The first kappa shape index (κ1) is 20.1. The van der Waals surface area contributed by atoms with Gasteiger partial charge in [-0.05, 0) is 55.8 Å². The molecule has 0 bridgehead atoms. The predicted octanol–water partition coefficient (Wildman–Crippen LogP) is 4.75. The Bertz CT molecular complexity index is 1120. The van der Waals surface area contributed by atoms with Gasteiger partial charge in [0.15, 0.2) is 11.0 Å². The summed E-state index contributed by atoms with van der Waals surface area (Å²) < 4.78 is 7.71. The third-order valence-electron chi connectivity index (χ3n) is 4.67. The number of aryl methyl sites for hydroxylation is 3. The van der Waals surface area contributed by atoms with Gasteiger partial charge >= 0.3 is 0 Å². The smallest absolute Gasteiger partial charge is 0.197 e. The van der Waals surface area contributed by atoms with E-state index in [1.54, 1.807) is 7.11 Å². The Morgan fingerprint density at radius 3 is 2.47 bits per heavy atom. The molecule has 4 rings (SSSR count). The van der Waals surface area contributed by atoms with Crippen molar-refractivity contribution in [2.45, 2.75) is 37.0 Å². The molecule has 0 aliphatic heterocycles. The van der Waals surface area contributed by atoms with Gasteiger partial charge in [0.2, 0.25) is 0 Å². The van der Waals surface area contributed by atoms with Crippen molar-refractivity contribution < 1.29 is 4.74 Å². The van der Waals surface area contributed by atoms with Crippen LogP contribution >= 0.6 is 11.8 Å². The Morgan fingerprint density at radius 2 is 1.70 bits per heavy atom. The standard InChI is InChI=1S/C23H23N5OS/c1-16-15-21(25-17(2)24-16)30-23-27-26-22(19-11-7-8-12-20(19)29-3)28(23)14-13-18-9-5-4-6-10-18/h4-12,15H,13-14H2,1-3H3. The Morgan fingerprint density at radius 1 is 0.933 bits per heavy atom. The number of ether oxygens (including phenoxy) is 1. The topological polar surface area (TPSA) is 65.7 Å². The van der Waals surface area contributed by atoms with E-state index in [1.807, 2.05) is 50.2 Å². The zero-order valence-electron chi connectivity index (χ0n) is 17.2. The highest BCUT2D eigenvalue weighted by atomic mass is 32.2. The van der Waals surface area contributed by atoms with Gasteiger partial charge in [-0.15, -0.1) is 10.2 Å². The lowest BCUT2D eigenvalue weighted by Crippen LogP contribution is -2.06. The molecule has 2 aromatic heterocycles. The molecule has 0 unspecified atom stereocenters. The van der Waals surface area contributed by atoms with Crippen LogP contribution in [0, 0.1) is 13.8 Å². The maximum Gasteiger partial charge on any atom is 0.197 e. The fraction of sp³-hybridized carbons (Fsp3) is 0.217. The molecule has 0 spiro atoms. The molecule has 2 heterocycles. The zero-order valence-corrected chi connectivity index (χ0v) is 18.1. The van der Waals surface area contributed by atoms with E-state index in [4.69, 9.17) is 4.74 Å². The molecule has 0 radical (unpaired) electrons. The van der Waals surface area contributed by atoms with E-state index < -0.39 is 0 Å². The van der Waals surface area contributed by atoms with Crippen molar-refractivity contribution in [1.82, 2.24) is 24.7 Å². The molecule has 0 aliphatic rings. The van der Waals surface area contributed by atoms with Crippen LogP contribution in [0.5, 0.6) is 5.75 Å². The van der Waals surface area contributed by atoms with Crippen LogP contribution in [0.4, 0.5) is 0 Å². The Balaban J connectivity index is 1.73. The van der Waals surface area contributed by atoms with E-state index in [2.05, 4.69) is 49.0 Å². The van der Waals surface area contributed by atoms with E-state index in [-0.39, 0.29) is 0 Å². The quantitative estimate of drug-likeness (QED) is 0.404. The molecule has 0 N–H and O–H groups in total. The molecule has 0 amide bonds. The minimum absolute atomic E-state index is 0.746. The minimum Gasteiger partial charge on any atom is -0.496 e. The third kappa shape index (κ3) is 4.52. The molecular formula is C23H23N5OS. The highest BCUT2D eigenvalue weighted by Gasteiger charge is 2.18. The van der Waals surface area contributed by atoms with Crippen LogP contribution in [0.1, 0.15) is 17.1 Å². The van der Waals surface area contributed by atoms with E-state index in [0.717, 1.165) is 51.8 Å². The van der Waals surface area contributed by atoms with Crippen LogP contribution in [0.15, 0.2) is 70.8 Å². The first-order valence-corrected chi connectivity index (χ1v) is 10.6. The highest BCUT2D eigenvalue weighted by molar-refractivity contribution is 7.99. The van der Waals surface area contributed by atoms with Crippen LogP contribution in [0.25, 0.3) is 11.4 Å². The summed E-state index contributed by atoms with van der Waals surface area (Å²) in [6.07, 6.45) is 0.871. The molecule has 6 nitrogen and oxygen atoms in total. The van der Waals surface area contributed by atoms with Crippen LogP contribution in [0.2, 0.25) is 0 Å². The van der Waals surface area contributed by atoms with Gasteiger partial charge in [0.05, 0.1) is 12.7 Å². The van der Waals surface area contributed by atoms with Gasteiger partial charge in [-0.3, -0.25) is 0 Å². The number of methoxy groups -OCH3 is 1. The molecule has 0 saturated carbocycles. The van der Waals surface area contributed by atoms with Crippen molar-refractivity contribution >= 4 is 11.8 Å². The van der Waals surface area contributed by atoms with E-state index in [0.29, 0.717) is 0 Å². The average Bonchev–Trinajstić information content (AvgIpc) is 3.14. The van der Waals surface area contributed by atoms with E-state index in [1.165, 1.54) is 17.3 Å². The summed E-state index contributed by atoms with van der Waals surface area (Å²) in [4.78, 5) is 8.92. The summed E-state index contributed by atoms with van der Waals surface area (Å²) in [5, 5.41) is 10.7. The Kier molecular flexibility index (Phi) is 6.09. The lowest BCUT2D eigenvalue weighted by atomic mass is 10.1. The largest absolute Gasteiger partial charge is 0.496 e. The van der Waals surface area contributed by atoms with Gasteiger partial charge in [0.1, 0.15) is 16.6 Å². The number of nitrogens with zero attached hydrogens (tertiary/aromatic N) is 5. The van der Waals surface area contributed by atoms with Crippen molar-refractivity contribution in [3.63, 3.8) is 0 Å². The summed E-state index contributed by atoms with van der Waals surface area (Å²) in [5.41, 5.74) is 3.12. The van der Waals surface area contributed by atoms with Gasteiger partial charge < -0.3 is 9.30 Å². The van der Waals surface area contributed by atoms with Gasteiger partial charge in [0, 0.05) is 12.2 Å². The van der Waals surface area contributed by atoms with Crippen LogP contribution in [-0.2, 0) is 13.0 Å². The summed E-state index contributed by atoms with van der Waals surface area (Å²) in [5.74, 6) is 2.31. The fourth-order valence-corrected chi connectivity index (χ4v) is 4.27. The van der Waals surface area contributed by atoms with E-state index in [9.17, 15) is 0 Å². The normalized spacial score (nSPS) is 10.9. The molecule has 0 fully saturated rings. The lowest BCUT2D eigenvalue weighted by Gasteiger charge is -2.12. The second-order valence-corrected chi connectivity index (χ2v) is 7.88. The number of aromatic nitrogens is 5. The summed E-state index contributed by atoms with van der Waals surface area (Å²) in [6, 6.07) is 20.3. The summed E-state index contributed by atoms with van der Waals surface area (Å²) in [6.45, 7) is 4.62. The van der Waals surface area contributed by atoms with Crippen molar-refractivity contribution in [1.29, 1.82) is 0 Å². The van der Waals surface area contributed by atoms with Gasteiger partial charge in [-0.2, -0.15) is 0 Å². The zero-order chi connectivity index (χ0) is 20.9. The number of benzene rings is 2.